The molecule has 104 valence electrons. The number of aliphatic carboxylic acids is 1. The molecule has 0 aromatic carbocycles. The number of rotatable bonds is 1. The number of carboxylic acid groups (broad SMARTS) is 1. The third-order valence-corrected chi connectivity index (χ3v) is 6.93. The summed E-state index contributed by atoms with van der Waals surface area (Å²) in [5, 5.41) is 9.05. The highest BCUT2D eigenvalue weighted by molar-refractivity contribution is 8.18. The first kappa shape index (κ1) is 14.4. The van der Waals surface area contributed by atoms with Crippen LogP contribution in [0.25, 0.3) is 0 Å². The third kappa shape index (κ3) is 3.10. The molecule has 1 heterocycles. The molecule has 1 saturated heterocycles. The summed E-state index contributed by atoms with van der Waals surface area (Å²) in [5.74, 6) is -1.74. The molecule has 1 saturated carbocycles. The van der Waals surface area contributed by atoms with Gasteiger partial charge >= 0.3 is 12.1 Å². The number of hydrogen-bond donors (Lipinski definition) is 1. The van der Waals surface area contributed by atoms with Crippen molar-refractivity contribution in [3.63, 3.8) is 0 Å². The zero-order chi connectivity index (χ0) is 13.4. The first-order valence-electron chi connectivity index (χ1n) is 5.90. The highest BCUT2D eigenvalue weighted by atomic mass is 32.2. The Bertz CT molecular complexity index is 327. The van der Waals surface area contributed by atoms with E-state index in [0.29, 0.717) is 6.42 Å². The molecule has 0 amide bonds. The molecule has 7 heteroatoms. The highest BCUT2D eigenvalue weighted by Crippen LogP contribution is 2.56. The minimum absolute atomic E-state index is 0.0651. The van der Waals surface area contributed by atoms with Gasteiger partial charge in [-0.25, -0.2) is 0 Å². The summed E-state index contributed by atoms with van der Waals surface area (Å²) in [4.78, 5) is 11.1. The number of carbonyl (C=O) groups is 1. The van der Waals surface area contributed by atoms with E-state index in [1.54, 1.807) is 0 Å². The van der Waals surface area contributed by atoms with Crippen LogP contribution in [-0.4, -0.2) is 32.8 Å². The number of hydrogen-bond acceptors (Lipinski definition) is 3. The van der Waals surface area contributed by atoms with Gasteiger partial charge in [0.05, 0.1) is 15.9 Å². The van der Waals surface area contributed by atoms with Crippen molar-refractivity contribution in [1.82, 2.24) is 0 Å². The Morgan fingerprint density at radius 3 is 2.33 bits per heavy atom. The summed E-state index contributed by atoms with van der Waals surface area (Å²) in [6.45, 7) is 0. The van der Waals surface area contributed by atoms with Crippen molar-refractivity contribution in [3.05, 3.63) is 0 Å². The van der Waals surface area contributed by atoms with Crippen molar-refractivity contribution in [2.24, 2.45) is 11.8 Å². The van der Waals surface area contributed by atoms with Gasteiger partial charge in [-0.05, 0) is 37.2 Å². The van der Waals surface area contributed by atoms with E-state index in [1.807, 2.05) is 0 Å². The zero-order valence-corrected chi connectivity index (χ0v) is 11.3. The number of carboxylic acids is 1. The van der Waals surface area contributed by atoms with E-state index in [2.05, 4.69) is 0 Å². The van der Waals surface area contributed by atoms with Crippen LogP contribution in [0.1, 0.15) is 25.7 Å². The Hall–Kier alpha value is -0.0400. The Labute approximate surface area is 112 Å². The van der Waals surface area contributed by atoms with Crippen molar-refractivity contribution < 1.29 is 23.1 Å². The maximum absolute atomic E-state index is 12.9. The van der Waals surface area contributed by atoms with Crippen LogP contribution in [0.3, 0.4) is 0 Å². The Morgan fingerprint density at radius 1 is 1.22 bits per heavy atom. The smallest absolute Gasteiger partial charge is 0.391 e. The average molecular weight is 300 g/mol. The van der Waals surface area contributed by atoms with E-state index in [9.17, 15) is 18.0 Å². The van der Waals surface area contributed by atoms with Crippen LogP contribution in [0.4, 0.5) is 13.2 Å². The minimum Gasteiger partial charge on any atom is -0.481 e. The fourth-order valence-electron chi connectivity index (χ4n) is 2.63. The summed E-state index contributed by atoms with van der Waals surface area (Å²) < 4.78 is 38.2. The maximum atomic E-state index is 12.9. The van der Waals surface area contributed by atoms with E-state index in [4.69, 9.17) is 5.11 Å². The lowest BCUT2D eigenvalue weighted by molar-refractivity contribution is -0.188. The molecular formula is C11H15F3O2S2. The van der Waals surface area contributed by atoms with Crippen LogP contribution in [0.2, 0.25) is 0 Å². The van der Waals surface area contributed by atoms with Gasteiger partial charge in [0.2, 0.25) is 0 Å². The molecule has 2 aliphatic rings. The molecular weight excluding hydrogens is 285 g/mol. The topological polar surface area (TPSA) is 37.3 Å². The standard InChI is InChI=1S/C11H15F3O2S2/c12-11(13,14)8-4-7(9(15)16)5-10(6-8)17-2-1-3-18-10/h7-8H,1-6H2,(H,15,16)/t7-,8-/m1/s1. The predicted octanol–water partition coefficient (Wildman–Crippen LogP) is 3.62. The minimum atomic E-state index is -4.28. The zero-order valence-electron chi connectivity index (χ0n) is 9.70. The summed E-state index contributed by atoms with van der Waals surface area (Å²) in [5.41, 5.74) is 0. The van der Waals surface area contributed by atoms with Crippen molar-refractivity contribution >= 4 is 29.5 Å². The highest BCUT2D eigenvalue weighted by Gasteiger charge is 2.52. The second kappa shape index (κ2) is 5.15. The third-order valence-electron chi connectivity index (χ3n) is 3.51. The normalized spacial score (nSPS) is 32.4. The van der Waals surface area contributed by atoms with Gasteiger partial charge in [0.25, 0.3) is 0 Å². The van der Waals surface area contributed by atoms with E-state index in [0.717, 1.165) is 17.9 Å². The molecule has 0 aromatic heterocycles. The largest absolute Gasteiger partial charge is 0.481 e. The fraction of sp³-hybridized carbons (Fsp3) is 0.909. The monoisotopic (exact) mass is 300 g/mol. The molecule has 1 aliphatic carbocycles. The quantitative estimate of drug-likeness (QED) is 0.802. The number of thioether (sulfide) groups is 2. The van der Waals surface area contributed by atoms with Crippen LogP contribution < -0.4 is 0 Å². The molecule has 1 spiro atoms. The first-order valence-corrected chi connectivity index (χ1v) is 7.87. The summed E-state index contributed by atoms with van der Waals surface area (Å²) in [7, 11) is 0. The van der Waals surface area contributed by atoms with E-state index < -0.39 is 28.1 Å². The van der Waals surface area contributed by atoms with Gasteiger partial charge in [0.1, 0.15) is 0 Å². The van der Waals surface area contributed by atoms with Gasteiger partial charge < -0.3 is 5.11 Å². The predicted molar refractivity (Wildman–Crippen MR) is 66.8 cm³/mol. The van der Waals surface area contributed by atoms with Crippen molar-refractivity contribution in [1.29, 1.82) is 0 Å². The molecule has 2 nitrogen and oxygen atoms in total. The van der Waals surface area contributed by atoms with E-state index >= 15 is 0 Å². The molecule has 0 aromatic rings. The molecule has 0 bridgehead atoms. The molecule has 2 rings (SSSR count). The SMILES string of the molecule is O=C(O)[C@@H]1C[C@@H](C(F)(F)F)CC2(C1)SCCCS2. The summed E-state index contributed by atoms with van der Waals surface area (Å²) in [6, 6.07) is 0. The molecule has 1 aliphatic heterocycles. The Morgan fingerprint density at radius 2 is 1.83 bits per heavy atom. The van der Waals surface area contributed by atoms with Crippen LogP contribution >= 0.6 is 23.5 Å². The Balaban J connectivity index is 2.18. The number of alkyl halides is 3. The molecule has 2 atom stereocenters. The van der Waals surface area contributed by atoms with Gasteiger partial charge in [-0.2, -0.15) is 13.2 Å². The van der Waals surface area contributed by atoms with Crippen molar-refractivity contribution in [2.45, 2.75) is 35.9 Å². The lowest BCUT2D eigenvalue weighted by Crippen LogP contribution is -2.43. The van der Waals surface area contributed by atoms with Crippen LogP contribution in [0.15, 0.2) is 0 Å². The molecule has 1 N–H and O–H groups in total. The van der Waals surface area contributed by atoms with Crippen LogP contribution in [0, 0.1) is 11.8 Å². The first-order chi connectivity index (χ1) is 8.32. The lowest BCUT2D eigenvalue weighted by Gasteiger charge is -2.44. The molecule has 2 fully saturated rings. The summed E-state index contributed by atoms with van der Waals surface area (Å²) >= 11 is 3.05. The molecule has 0 unspecified atom stereocenters. The molecule has 18 heavy (non-hydrogen) atoms. The average Bonchev–Trinajstić information content (AvgIpc) is 2.28. The summed E-state index contributed by atoms with van der Waals surface area (Å²) in [6.07, 6.45) is -3.12. The van der Waals surface area contributed by atoms with Crippen LogP contribution in [-0.2, 0) is 4.79 Å². The lowest BCUT2D eigenvalue weighted by atomic mass is 9.80. The van der Waals surface area contributed by atoms with Gasteiger partial charge in [-0.15, -0.1) is 23.5 Å². The van der Waals surface area contributed by atoms with Crippen molar-refractivity contribution in [3.8, 4) is 0 Å². The van der Waals surface area contributed by atoms with Crippen LogP contribution in [0.5, 0.6) is 0 Å². The van der Waals surface area contributed by atoms with E-state index in [1.165, 1.54) is 23.5 Å². The fourth-order valence-corrected chi connectivity index (χ4v) is 6.25. The van der Waals surface area contributed by atoms with Gasteiger partial charge in [-0.1, -0.05) is 0 Å². The van der Waals surface area contributed by atoms with Gasteiger partial charge in [0.15, 0.2) is 0 Å². The van der Waals surface area contributed by atoms with E-state index in [-0.39, 0.29) is 12.8 Å². The maximum Gasteiger partial charge on any atom is 0.391 e. The second-order valence-corrected chi connectivity index (χ2v) is 8.09. The van der Waals surface area contributed by atoms with Gasteiger partial charge in [0, 0.05) is 0 Å². The molecule has 0 radical (unpaired) electrons. The van der Waals surface area contributed by atoms with Gasteiger partial charge in [-0.3, -0.25) is 4.79 Å². The number of halogens is 3. The van der Waals surface area contributed by atoms with Crippen molar-refractivity contribution in [2.75, 3.05) is 11.5 Å². The second-order valence-electron chi connectivity index (χ2n) is 4.88. The Kier molecular flexibility index (Phi) is 4.11.